The van der Waals surface area contributed by atoms with E-state index in [4.69, 9.17) is 4.42 Å². The predicted molar refractivity (Wildman–Crippen MR) is 95.4 cm³/mol. The highest BCUT2D eigenvalue weighted by atomic mass is 16.3. The summed E-state index contributed by atoms with van der Waals surface area (Å²) in [6, 6.07) is 9.19. The molecule has 3 aromatic rings. The lowest BCUT2D eigenvalue weighted by atomic mass is 10.2. The SMILES string of the molecule is O=C(/C=C/c1ccco1)N1CCN(C(=O)c2cnn3ccccc23)CC1. The van der Waals surface area contributed by atoms with E-state index < -0.39 is 0 Å². The van der Waals surface area contributed by atoms with E-state index in [0.717, 1.165) is 5.52 Å². The largest absolute Gasteiger partial charge is 0.465 e. The Morgan fingerprint density at radius 1 is 1.04 bits per heavy atom. The number of aromatic nitrogens is 2. The fourth-order valence-electron chi connectivity index (χ4n) is 3.04. The average molecular weight is 350 g/mol. The number of carbonyl (C=O) groups is 2. The number of hydrogen-bond donors (Lipinski definition) is 0. The number of nitrogens with zero attached hydrogens (tertiary/aromatic N) is 4. The zero-order valence-corrected chi connectivity index (χ0v) is 14.1. The third kappa shape index (κ3) is 3.11. The van der Waals surface area contributed by atoms with Crippen molar-refractivity contribution >= 4 is 23.4 Å². The van der Waals surface area contributed by atoms with Gasteiger partial charge in [0.2, 0.25) is 5.91 Å². The van der Waals surface area contributed by atoms with Crippen LogP contribution in [-0.2, 0) is 4.79 Å². The summed E-state index contributed by atoms with van der Waals surface area (Å²) in [6.07, 6.45) is 8.13. The lowest BCUT2D eigenvalue weighted by Gasteiger charge is -2.34. The molecule has 1 aliphatic rings. The Morgan fingerprint density at radius 2 is 1.85 bits per heavy atom. The molecule has 26 heavy (non-hydrogen) atoms. The van der Waals surface area contributed by atoms with Crippen LogP contribution in [0.3, 0.4) is 0 Å². The van der Waals surface area contributed by atoms with Crippen molar-refractivity contribution in [3.63, 3.8) is 0 Å². The van der Waals surface area contributed by atoms with Crippen molar-refractivity contribution in [2.75, 3.05) is 26.2 Å². The van der Waals surface area contributed by atoms with Crippen molar-refractivity contribution in [1.29, 1.82) is 0 Å². The number of furan rings is 1. The van der Waals surface area contributed by atoms with Crippen LogP contribution in [-0.4, -0.2) is 57.4 Å². The van der Waals surface area contributed by atoms with Crippen LogP contribution in [0.4, 0.5) is 0 Å². The molecule has 4 heterocycles. The van der Waals surface area contributed by atoms with Gasteiger partial charge in [0.1, 0.15) is 5.76 Å². The van der Waals surface area contributed by atoms with Crippen LogP contribution in [0.15, 0.2) is 59.5 Å². The van der Waals surface area contributed by atoms with E-state index in [9.17, 15) is 9.59 Å². The molecule has 1 saturated heterocycles. The van der Waals surface area contributed by atoms with E-state index in [1.165, 1.54) is 6.08 Å². The summed E-state index contributed by atoms with van der Waals surface area (Å²) in [5, 5.41) is 4.21. The molecule has 0 bridgehead atoms. The molecule has 7 heteroatoms. The van der Waals surface area contributed by atoms with E-state index in [0.29, 0.717) is 37.5 Å². The first-order valence-electron chi connectivity index (χ1n) is 8.44. The van der Waals surface area contributed by atoms with Crippen molar-refractivity contribution in [2.24, 2.45) is 0 Å². The molecule has 0 aromatic carbocycles. The van der Waals surface area contributed by atoms with Gasteiger partial charge in [0, 0.05) is 38.5 Å². The Morgan fingerprint density at radius 3 is 2.62 bits per heavy atom. The number of amides is 2. The van der Waals surface area contributed by atoms with Gasteiger partial charge in [0.25, 0.3) is 5.91 Å². The average Bonchev–Trinajstić information content (AvgIpc) is 3.35. The molecule has 0 spiro atoms. The lowest BCUT2D eigenvalue weighted by molar-refractivity contribution is -0.127. The Hall–Kier alpha value is -3.35. The van der Waals surface area contributed by atoms with Crippen molar-refractivity contribution in [2.45, 2.75) is 0 Å². The van der Waals surface area contributed by atoms with Crippen LogP contribution >= 0.6 is 0 Å². The van der Waals surface area contributed by atoms with E-state index in [2.05, 4.69) is 5.10 Å². The normalized spacial score (nSPS) is 15.1. The number of carbonyl (C=O) groups excluding carboxylic acids is 2. The van der Waals surface area contributed by atoms with E-state index in [1.807, 2.05) is 24.4 Å². The van der Waals surface area contributed by atoms with Crippen molar-refractivity contribution in [3.05, 3.63) is 66.4 Å². The van der Waals surface area contributed by atoms with Gasteiger partial charge < -0.3 is 14.2 Å². The zero-order chi connectivity index (χ0) is 17.9. The number of pyridine rings is 1. The third-order valence-electron chi connectivity index (χ3n) is 4.47. The number of fused-ring (bicyclic) bond motifs is 1. The van der Waals surface area contributed by atoms with Crippen LogP contribution in [0.25, 0.3) is 11.6 Å². The van der Waals surface area contributed by atoms with Crippen LogP contribution in [0, 0.1) is 0 Å². The summed E-state index contributed by atoms with van der Waals surface area (Å²) in [5.74, 6) is 0.508. The highest BCUT2D eigenvalue weighted by Crippen LogP contribution is 2.15. The molecule has 7 nitrogen and oxygen atoms in total. The lowest BCUT2D eigenvalue weighted by Crippen LogP contribution is -2.50. The molecule has 132 valence electrons. The fourth-order valence-corrected chi connectivity index (χ4v) is 3.04. The van der Waals surface area contributed by atoms with Gasteiger partial charge in [0.05, 0.1) is 23.5 Å². The minimum absolute atomic E-state index is 0.0515. The first-order valence-corrected chi connectivity index (χ1v) is 8.44. The molecule has 1 fully saturated rings. The third-order valence-corrected chi connectivity index (χ3v) is 4.47. The number of rotatable bonds is 3. The quantitative estimate of drug-likeness (QED) is 0.677. The maximum atomic E-state index is 12.8. The highest BCUT2D eigenvalue weighted by molar-refractivity contribution is 6.00. The molecule has 0 saturated carbocycles. The molecule has 3 aromatic heterocycles. The Balaban J connectivity index is 1.38. The van der Waals surface area contributed by atoms with E-state index in [1.54, 1.807) is 45.0 Å². The summed E-state index contributed by atoms with van der Waals surface area (Å²) in [7, 11) is 0. The van der Waals surface area contributed by atoms with Crippen LogP contribution in [0.1, 0.15) is 16.1 Å². The predicted octanol–water partition coefficient (Wildman–Crippen LogP) is 1.93. The summed E-state index contributed by atoms with van der Waals surface area (Å²) in [6.45, 7) is 2.02. The standard InChI is InChI=1S/C19H18N4O3/c24-18(7-6-15-4-3-13-26-15)21-9-11-22(12-10-21)19(25)16-14-20-23-8-2-1-5-17(16)23/h1-8,13-14H,9-12H2/b7-6+. The van der Waals surface area contributed by atoms with Gasteiger partial charge in [-0.1, -0.05) is 6.07 Å². The monoisotopic (exact) mass is 350 g/mol. The molecular formula is C19H18N4O3. The summed E-state index contributed by atoms with van der Waals surface area (Å²) in [4.78, 5) is 28.5. The van der Waals surface area contributed by atoms with Gasteiger partial charge in [-0.3, -0.25) is 9.59 Å². The second-order valence-corrected chi connectivity index (χ2v) is 6.05. The molecular weight excluding hydrogens is 332 g/mol. The van der Waals surface area contributed by atoms with Crippen molar-refractivity contribution < 1.29 is 14.0 Å². The van der Waals surface area contributed by atoms with Crippen molar-refractivity contribution in [1.82, 2.24) is 19.4 Å². The van der Waals surface area contributed by atoms with Gasteiger partial charge in [-0.2, -0.15) is 5.10 Å². The maximum absolute atomic E-state index is 12.8. The first kappa shape index (κ1) is 16.1. The summed E-state index contributed by atoms with van der Waals surface area (Å²) < 4.78 is 6.86. The Bertz CT molecular complexity index is 950. The molecule has 0 radical (unpaired) electrons. The maximum Gasteiger partial charge on any atom is 0.257 e. The molecule has 4 rings (SSSR count). The Labute approximate surface area is 150 Å². The van der Waals surface area contributed by atoms with Crippen LogP contribution in [0.2, 0.25) is 0 Å². The van der Waals surface area contributed by atoms with Gasteiger partial charge in [-0.25, -0.2) is 4.52 Å². The van der Waals surface area contributed by atoms with Crippen LogP contribution in [0.5, 0.6) is 0 Å². The number of hydrogen-bond acceptors (Lipinski definition) is 4. The molecule has 2 amide bonds. The first-order chi connectivity index (χ1) is 12.7. The van der Waals surface area contributed by atoms with Crippen molar-refractivity contribution in [3.8, 4) is 0 Å². The van der Waals surface area contributed by atoms with Crippen LogP contribution < -0.4 is 0 Å². The second kappa shape index (κ2) is 6.87. The minimum Gasteiger partial charge on any atom is -0.465 e. The molecule has 1 aliphatic heterocycles. The van der Waals surface area contributed by atoms with Gasteiger partial charge in [-0.05, 0) is 30.3 Å². The van der Waals surface area contributed by atoms with Gasteiger partial charge in [0.15, 0.2) is 0 Å². The van der Waals surface area contributed by atoms with Gasteiger partial charge >= 0.3 is 0 Å². The second-order valence-electron chi connectivity index (χ2n) is 6.05. The minimum atomic E-state index is -0.0792. The van der Waals surface area contributed by atoms with Gasteiger partial charge in [-0.15, -0.1) is 0 Å². The topological polar surface area (TPSA) is 71.1 Å². The van der Waals surface area contributed by atoms with E-state index in [-0.39, 0.29) is 11.8 Å². The fraction of sp³-hybridized carbons (Fsp3) is 0.211. The molecule has 0 unspecified atom stereocenters. The number of piperazine rings is 1. The summed E-state index contributed by atoms with van der Waals surface area (Å²) >= 11 is 0. The summed E-state index contributed by atoms with van der Waals surface area (Å²) in [5.41, 5.74) is 1.38. The highest BCUT2D eigenvalue weighted by Gasteiger charge is 2.25. The molecule has 0 N–H and O–H groups in total. The molecule has 0 aliphatic carbocycles. The smallest absolute Gasteiger partial charge is 0.257 e. The Kier molecular flexibility index (Phi) is 4.27. The molecule has 0 atom stereocenters. The van der Waals surface area contributed by atoms with E-state index >= 15 is 0 Å². The zero-order valence-electron chi connectivity index (χ0n) is 14.1.